The smallest absolute Gasteiger partial charge is 0.228 e. The van der Waals surface area contributed by atoms with Crippen LogP contribution in [0.4, 0.5) is 5.69 Å². The zero-order chi connectivity index (χ0) is 12.4. The van der Waals surface area contributed by atoms with Crippen molar-refractivity contribution in [1.82, 2.24) is 0 Å². The van der Waals surface area contributed by atoms with Gasteiger partial charge < -0.3 is 4.90 Å². The summed E-state index contributed by atoms with van der Waals surface area (Å²) in [6.07, 6.45) is 5.85. The zero-order valence-electron chi connectivity index (χ0n) is 10.3. The van der Waals surface area contributed by atoms with Gasteiger partial charge in [0.25, 0.3) is 0 Å². The number of anilines is 1. The highest BCUT2D eigenvalue weighted by atomic mass is 16.2. The van der Waals surface area contributed by atoms with Crippen molar-refractivity contribution in [2.24, 2.45) is 5.92 Å². The van der Waals surface area contributed by atoms with Crippen LogP contribution in [0.1, 0.15) is 31.7 Å². The molecule has 2 rings (SSSR count). The summed E-state index contributed by atoms with van der Waals surface area (Å²) < 4.78 is 0. The van der Waals surface area contributed by atoms with Gasteiger partial charge in [0, 0.05) is 24.6 Å². The fraction of sp³-hybridized carbons (Fsp3) is 0.400. The van der Waals surface area contributed by atoms with Gasteiger partial charge in [0.1, 0.15) is 0 Å². The minimum absolute atomic E-state index is 0.0623. The summed E-state index contributed by atoms with van der Waals surface area (Å²) in [6.45, 7) is 4.96. The lowest BCUT2D eigenvalue weighted by atomic mass is 10.0. The van der Waals surface area contributed by atoms with E-state index in [1.165, 1.54) is 5.56 Å². The molecule has 1 fully saturated rings. The Morgan fingerprint density at radius 3 is 2.47 bits per heavy atom. The molecule has 0 spiro atoms. The first-order valence-electron chi connectivity index (χ1n) is 5.98. The molecule has 0 saturated carbocycles. The predicted octanol–water partition coefficient (Wildman–Crippen LogP) is 2.80. The van der Waals surface area contributed by atoms with Crippen molar-refractivity contribution >= 4 is 11.6 Å². The Hall–Kier alpha value is -1.75. The molecule has 0 aliphatic carbocycles. The first-order valence-corrected chi connectivity index (χ1v) is 5.98. The van der Waals surface area contributed by atoms with E-state index in [0.717, 1.165) is 5.69 Å². The Bertz CT molecular complexity index is 453. The summed E-state index contributed by atoms with van der Waals surface area (Å²) in [4.78, 5) is 13.6. The average molecular weight is 227 g/mol. The van der Waals surface area contributed by atoms with Gasteiger partial charge in [0.2, 0.25) is 5.91 Å². The molecule has 1 aliphatic rings. The Morgan fingerprint density at radius 2 is 2.00 bits per heavy atom. The van der Waals surface area contributed by atoms with Crippen LogP contribution in [0.2, 0.25) is 0 Å². The third-order valence-electron chi connectivity index (χ3n) is 3.23. The summed E-state index contributed by atoms with van der Waals surface area (Å²) in [5.74, 6) is 3.36. The number of rotatable bonds is 2. The number of carbonyl (C=O) groups excluding carboxylic acids is 1. The average Bonchev–Trinajstić information content (AvgIpc) is 2.71. The zero-order valence-corrected chi connectivity index (χ0v) is 10.3. The highest BCUT2D eigenvalue weighted by molar-refractivity contribution is 5.96. The lowest BCUT2D eigenvalue weighted by Gasteiger charge is -2.17. The van der Waals surface area contributed by atoms with E-state index in [4.69, 9.17) is 6.42 Å². The van der Waals surface area contributed by atoms with Gasteiger partial charge in [-0.3, -0.25) is 4.79 Å². The largest absolute Gasteiger partial charge is 0.311 e. The minimum Gasteiger partial charge on any atom is -0.311 e. The van der Waals surface area contributed by atoms with Crippen molar-refractivity contribution in [3.63, 3.8) is 0 Å². The maximum atomic E-state index is 11.8. The molecule has 1 heterocycles. The molecule has 0 radical (unpaired) electrons. The van der Waals surface area contributed by atoms with Gasteiger partial charge in [-0.2, -0.15) is 0 Å². The molecule has 1 aromatic carbocycles. The second kappa shape index (κ2) is 4.63. The van der Waals surface area contributed by atoms with E-state index in [0.29, 0.717) is 18.9 Å². The van der Waals surface area contributed by atoms with Crippen molar-refractivity contribution in [1.29, 1.82) is 0 Å². The van der Waals surface area contributed by atoms with Crippen LogP contribution in [-0.2, 0) is 4.79 Å². The maximum Gasteiger partial charge on any atom is 0.228 e. The first kappa shape index (κ1) is 11.7. The van der Waals surface area contributed by atoms with Crippen LogP contribution in [0.15, 0.2) is 24.3 Å². The van der Waals surface area contributed by atoms with Crippen molar-refractivity contribution in [3.05, 3.63) is 29.8 Å². The summed E-state index contributed by atoms with van der Waals surface area (Å²) in [7, 11) is 0. The summed E-state index contributed by atoms with van der Waals surface area (Å²) in [5, 5.41) is 0. The van der Waals surface area contributed by atoms with Gasteiger partial charge in [-0.25, -0.2) is 0 Å². The van der Waals surface area contributed by atoms with E-state index in [1.807, 2.05) is 12.1 Å². The third-order valence-corrected chi connectivity index (χ3v) is 3.23. The number of amides is 1. The molecular weight excluding hydrogens is 210 g/mol. The molecule has 2 nitrogen and oxygen atoms in total. The first-order chi connectivity index (χ1) is 8.11. The molecule has 1 unspecified atom stereocenters. The molecule has 0 N–H and O–H groups in total. The number of carbonyl (C=O) groups is 1. The van der Waals surface area contributed by atoms with E-state index in [-0.39, 0.29) is 11.8 Å². The SMILES string of the molecule is C#CC1CC(=O)N(c2ccc(C(C)C)cc2)C1. The van der Waals surface area contributed by atoms with Crippen LogP contribution in [-0.4, -0.2) is 12.5 Å². The third kappa shape index (κ3) is 2.34. The number of terminal acetylenes is 1. The number of hydrogen-bond donors (Lipinski definition) is 0. The number of nitrogens with zero attached hydrogens (tertiary/aromatic N) is 1. The normalized spacial score (nSPS) is 19.8. The summed E-state index contributed by atoms with van der Waals surface area (Å²) >= 11 is 0. The van der Waals surface area contributed by atoms with Gasteiger partial charge >= 0.3 is 0 Å². The molecule has 88 valence electrons. The minimum atomic E-state index is 0.0623. The van der Waals surface area contributed by atoms with E-state index in [1.54, 1.807) is 4.90 Å². The molecule has 1 amide bonds. The Labute approximate surface area is 103 Å². The summed E-state index contributed by atoms with van der Waals surface area (Å²) in [6, 6.07) is 8.17. The summed E-state index contributed by atoms with van der Waals surface area (Å²) in [5.41, 5.74) is 2.24. The van der Waals surface area contributed by atoms with Crippen LogP contribution >= 0.6 is 0 Å². The van der Waals surface area contributed by atoms with Crippen LogP contribution in [0.3, 0.4) is 0 Å². The van der Waals surface area contributed by atoms with E-state index in [2.05, 4.69) is 31.9 Å². The highest BCUT2D eigenvalue weighted by Crippen LogP contribution is 2.26. The van der Waals surface area contributed by atoms with Gasteiger partial charge in [0.15, 0.2) is 0 Å². The van der Waals surface area contributed by atoms with Crippen LogP contribution < -0.4 is 4.90 Å². The van der Waals surface area contributed by atoms with Crippen LogP contribution in [0, 0.1) is 18.3 Å². The van der Waals surface area contributed by atoms with E-state index < -0.39 is 0 Å². The molecule has 1 aromatic rings. The molecule has 1 aliphatic heterocycles. The molecule has 2 heteroatoms. The van der Waals surface area contributed by atoms with Gasteiger partial charge in [-0.1, -0.05) is 26.0 Å². The lowest BCUT2D eigenvalue weighted by molar-refractivity contribution is -0.117. The molecular formula is C15H17NO. The monoisotopic (exact) mass is 227 g/mol. The second-order valence-electron chi connectivity index (χ2n) is 4.82. The van der Waals surface area contributed by atoms with E-state index in [9.17, 15) is 4.79 Å². The van der Waals surface area contributed by atoms with Crippen molar-refractivity contribution in [2.75, 3.05) is 11.4 Å². The van der Waals surface area contributed by atoms with E-state index >= 15 is 0 Å². The van der Waals surface area contributed by atoms with Crippen LogP contribution in [0.5, 0.6) is 0 Å². The number of benzene rings is 1. The fourth-order valence-corrected chi connectivity index (χ4v) is 2.11. The van der Waals surface area contributed by atoms with Crippen molar-refractivity contribution in [2.45, 2.75) is 26.2 Å². The Balaban J connectivity index is 2.18. The molecule has 1 saturated heterocycles. The molecule has 1 atom stereocenters. The molecule has 17 heavy (non-hydrogen) atoms. The predicted molar refractivity (Wildman–Crippen MR) is 69.8 cm³/mol. The second-order valence-corrected chi connectivity index (χ2v) is 4.82. The maximum absolute atomic E-state index is 11.8. The van der Waals surface area contributed by atoms with Crippen LogP contribution in [0.25, 0.3) is 0 Å². The van der Waals surface area contributed by atoms with Gasteiger partial charge in [-0.05, 0) is 23.6 Å². The topological polar surface area (TPSA) is 20.3 Å². The Kier molecular flexibility index (Phi) is 3.19. The quantitative estimate of drug-likeness (QED) is 0.711. The fourth-order valence-electron chi connectivity index (χ4n) is 2.11. The molecule has 0 bridgehead atoms. The van der Waals surface area contributed by atoms with Gasteiger partial charge in [0.05, 0.1) is 0 Å². The Morgan fingerprint density at radius 1 is 1.35 bits per heavy atom. The standard InChI is InChI=1S/C15H17NO/c1-4-12-9-15(17)16(10-12)14-7-5-13(6-8-14)11(2)3/h1,5-8,11-12H,9-10H2,2-3H3. The van der Waals surface area contributed by atoms with Gasteiger partial charge in [-0.15, -0.1) is 12.3 Å². The lowest BCUT2D eigenvalue weighted by Crippen LogP contribution is -2.24. The van der Waals surface area contributed by atoms with Crippen molar-refractivity contribution < 1.29 is 4.79 Å². The highest BCUT2D eigenvalue weighted by Gasteiger charge is 2.29. The number of hydrogen-bond acceptors (Lipinski definition) is 1. The van der Waals surface area contributed by atoms with Crippen molar-refractivity contribution in [3.8, 4) is 12.3 Å². The molecule has 0 aromatic heterocycles.